The van der Waals surface area contributed by atoms with Crippen molar-refractivity contribution in [3.63, 3.8) is 0 Å². The molecule has 0 aromatic heterocycles. The lowest BCUT2D eigenvalue weighted by Gasteiger charge is -2.25. The summed E-state index contributed by atoms with van der Waals surface area (Å²) in [5, 5.41) is 0. The van der Waals surface area contributed by atoms with E-state index in [-0.39, 0.29) is 17.9 Å². The number of carbonyl (C=O) groups is 2. The van der Waals surface area contributed by atoms with Gasteiger partial charge >= 0.3 is 0 Å². The van der Waals surface area contributed by atoms with E-state index in [1.807, 2.05) is 87.2 Å². The van der Waals surface area contributed by atoms with Crippen LogP contribution < -0.4 is 9.64 Å². The van der Waals surface area contributed by atoms with E-state index in [1.165, 1.54) is 4.90 Å². The number of anilines is 1. The highest BCUT2D eigenvalue weighted by Gasteiger charge is 2.41. The Hall–Kier alpha value is -3.12. The zero-order valence-electron chi connectivity index (χ0n) is 19.3. The molecule has 170 valence electrons. The second-order valence-electron chi connectivity index (χ2n) is 7.81. The van der Waals surface area contributed by atoms with Gasteiger partial charge in [0.25, 0.3) is 11.8 Å². The molecular weight excluding hydrogens is 404 g/mol. The van der Waals surface area contributed by atoms with Crippen LogP contribution in [0.4, 0.5) is 5.69 Å². The predicted octanol–water partition coefficient (Wildman–Crippen LogP) is 4.51. The number of likely N-dealkylation sites (N-methyl/N-ethyl adjacent to an activating group) is 1. The summed E-state index contributed by atoms with van der Waals surface area (Å²) in [4.78, 5) is 30.2. The highest BCUT2D eigenvalue weighted by atomic mass is 16.5. The summed E-state index contributed by atoms with van der Waals surface area (Å²) in [6.45, 7) is 9.84. The number of para-hydroxylation sites is 1. The van der Waals surface area contributed by atoms with Crippen LogP contribution in [0.15, 0.2) is 60.3 Å². The van der Waals surface area contributed by atoms with Gasteiger partial charge < -0.3 is 14.4 Å². The molecule has 32 heavy (non-hydrogen) atoms. The van der Waals surface area contributed by atoms with Crippen molar-refractivity contribution in [2.75, 3.05) is 31.2 Å². The van der Waals surface area contributed by atoms with Crippen molar-refractivity contribution in [2.24, 2.45) is 0 Å². The van der Waals surface area contributed by atoms with Gasteiger partial charge in [-0.05, 0) is 63.9 Å². The lowest BCUT2D eigenvalue weighted by molar-refractivity contribution is -0.137. The summed E-state index contributed by atoms with van der Waals surface area (Å²) < 4.78 is 11.1. The Balaban J connectivity index is 2.01. The number of nitrogens with zero attached hydrogens (tertiary/aromatic N) is 2. The molecule has 0 aliphatic carbocycles. The lowest BCUT2D eigenvalue weighted by atomic mass is 10.0. The van der Waals surface area contributed by atoms with E-state index < -0.39 is 0 Å². The molecule has 0 unspecified atom stereocenters. The summed E-state index contributed by atoms with van der Waals surface area (Å²) >= 11 is 0. The van der Waals surface area contributed by atoms with Crippen LogP contribution in [-0.2, 0) is 14.3 Å². The van der Waals surface area contributed by atoms with Crippen LogP contribution in [0.3, 0.4) is 0 Å². The first kappa shape index (κ1) is 23.5. The molecule has 0 saturated heterocycles. The van der Waals surface area contributed by atoms with E-state index in [1.54, 1.807) is 0 Å². The number of amides is 2. The zero-order valence-corrected chi connectivity index (χ0v) is 19.3. The van der Waals surface area contributed by atoms with Crippen molar-refractivity contribution >= 4 is 23.1 Å². The third kappa shape index (κ3) is 5.19. The Kier molecular flexibility index (Phi) is 8.06. The second kappa shape index (κ2) is 11.0. The molecule has 0 bridgehead atoms. The van der Waals surface area contributed by atoms with E-state index in [4.69, 9.17) is 9.47 Å². The van der Waals surface area contributed by atoms with Crippen LogP contribution in [0, 0.1) is 0 Å². The van der Waals surface area contributed by atoms with Crippen molar-refractivity contribution in [1.82, 2.24) is 4.90 Å². The maximum absolute atomic E-state index is 13.5. The van der Waals surface area contributed by atoms with Crippen LogP contribution in [0.2, 0.25) is 0 Å². The second-order valence-corrected chi connectivity index (χ2v) is 7.81. The number of benzene rings is 2. The minimum Gasteiger partial charge on any atom is -0.491 e. The van der Waals surface area contributed by atoms with Crippen molar-refractivity contribution < 1.29 is 19.1 Å². The van der Waals surface area contributed by atoms with E-state index in [0.717, 1.165) is 11.4 Å². The Morgan fingerprint density at radius 1 is 0.938 bits per heavy atom. The molecule has 1 heterocycles. The third-order valence-corrected chi connectivity index (χ3v) is 5.19. The van der Waals surface area contributed by atoms with Gasteiger partial charge in [0.2, 0.25) is 0 Å². The summed E-state index contributed by atoms with van der Waals surface area (Å²) in [7, 11) is 0. The lowest BCUT2D eigenvalue weighted by Crippen LogP contribution is -2.36. The van der Waals surface area contributed by atoms with Crippen LogP contribution in [0.1, 0.15) is 39.7 Å². The van der Waals surface area contributed by atoms with Gasteiger partial charge in [-0.1, -0.05) is 30.3 Å². The molecule has 0 spiro atoms. The number of rotatable bonds is 11. The largest absolute Gasteiger partial charge is 0.491 e. The van der Waals surface area contributed by atoms with Gasteiger partial charge in [0, 0.05) is 32.0 Å². The van der Waals surface area contributed by atoms with Gasteiger partial charge in [-0.25, -0.2) is 0 Å². The Morgan fingerprint density at radius 2 is 1.62 bits per heavy atom. The fourth-order valence-electron chi connectivity index (χ4n) is 3.80. The van der Waals surface area contributed by atoms with Gasteiger partial charge in [0.1, 0.15) is 11.4 Å². The minimum atomic E-state index is -0.270. The SMILES string of the molecule is CCOCCCN1C(=O)C(c2ccc(OC(C)C)cc2)=C(N(CC)c2ccccc2)C1=O. The number of carbonyl (C=O) groups excluding carboxylic acids is 2. The normalized spacial score (nSPS) is 14.0. The number of hydrogen-bond acceptors (Lipinski definition) is 5. The van der Waals surface area contributed by atoms with E-state index in [2.05, 4.69) is 0 Å². The Morgan fingerprint density at radius 3 is 2.22 bits per heavy atom. The first-order valence-corrected chi connectivity index (χ1v) is 11.3. The summed E-state index contributed by atoms with van der Waals surface area (Å²) in [6, 6.07) is 17.1. The Bertz CT molecular complexity index is 952. The quantitative estimate of drug-likeness (QED) is 0.383. The van der Waals surface area contributed by atoms with Crippen molar-refractivity contribution in [3.8, 4) is 5.75 Å². The average molecular weight is 437 g/mol. The standard InChI is InChI=1S/C26H32N2O4/c1-5-27(21-11-8-7-9-12-21)24-23(20-13-15-22(16-14-20)32-19(3)4)25(29)28(26(24)30)17-10-18-31-6-2/h7-9,11-16,19H,5-6,10,17-18H2,1-4H3. The molecule has 2 amide bonds. The van der Waals surface area contributed by atoms with Crippen molar-refractivity contribution in [1.29, 1.82) is 0 Å². The van der Waals surface area contributed by atoms with Crippen LogP contribution in [0.25, 0.3) is 5.57 Å². The molecule has 2 aromatic carbocycles. The average Bonchev–Trinajstić information content (AvgIpc) is 3.03. The summed E-state index contributed by atoms with van der Waals surface area (Å²) in [5.41, 5.74) is 2.42. The fraction of sp³-hybridized carbons (Fsp3) is 0.385. The number of imide groups is 1. The molecule has 2 aromatic rings. The van der Waals surface area contributed by atoms with Crippen molar-refractivity contribution in [2.45, 2.75) is 40.2 Å². The topological polar surface area (TPSA) is 59.1 Å². The monoisotopic (exact) mass is 436 g/mol. The zero-order chi connectivity index (χ0) is 23.1. The third-order valence-electron chi connectivity index (χ3n) is 5.19. The molecule has 1 aliphatic heterocycles. The molecule has 0 N–H and O–H groups in total. The maximum atomic E-state index is 13.5. The van der Waals surface area contributed by atoms with Gasteiger partial charge in [-0.2, -0.15) is 0 Å². The maximum Gasteiger partial charge on any atom is 0.278 e. The van der Waals surface area contributed by atoms with Gasteiger partial charge in [0.05, 0.1) is 11.7 Å². The van der Waals surface area contributed by atoms with E-state index in [0.29, 0.717) is 49.6 Å². The molecule has 6 heteroatoms. The van der Waals surface area contributed by atoms with Crippen LogP contribution in [-0.4, -0.2) is 49.1 Å². The Labute approximate surface area is 190 Å². The van der Waals surface area contributed by atoms with Crippen molar-refractivity contribution in [3.05, 3.63) is 65.9 Å². The number of ether oxygens (including phenoxy) is 2. The first-order chi connectivity index (χ1) is 15.5. The molecule has 1 aliphatic rings. The molecule has 0 atom stereocenters. The predicted molar refractivity (Wildman–Crippen MR) is 126 cm³/mol. The van der Waals surface area contributed by atoms with Crippen LogP contribution in [0.5, 0.6) is 5.75 Å². The molecular formula is C26H32N2O4. The van der Waals surface area contributed by atoms with E-state index >= 15 is 0 Å². The van der Waals surface area contributed by atoms with Gasteiger partial charge in [-0.15, -0.1) is 0 Å². The molecule has 0 fully saturated rings. The smallest absolute Gasteiger partial charge is 0.278 e. The van der Waals surface area contributed by atoms with Gasteiger partial charge in [-0.3, -0.25) is 14.5 Å². The van der Waals surface area contributed by atoms with Gasteiger partial charge in [0.15, 0.2) is 0 Å². The number of hydrogen-bond donors (Lipinski definition) is 0. The molecule has 0 radical (unpaired) electrons. The molecule has 0 saturated carbocycles. The molecule has 3 rings (SSSR count). The first-order valence-electron chi connectivity index (χ1n) is 11.3. The van der Waals surface area contributed by atoms with Crippen LogP contribution >= 0.6 is 0 Å². The summed E-state index contributed by atoms with van der Waals surface area (Å²) in [6.07, 6.45) is 0.657. The highest BCUT2D eigenvalue weighted by Crippen LogP contribution is 2.35. The fourth-order valence-corrected chi connectivity index (χ4v) is 3.80. The minimum absolute atomic E-state index is 0.0554. The summed E-state index contributed by atoms with van der Waals surface area (Å²) in [5.74, 6) is 0.190. The van der Waals surface area contributed by atoms with E-state index in [9.17, 15) is 9.59 Å². The highest BCUT2D eigenvalue weighted by molar-refractivity contribution is 6.36. The molecule has 6 nitrogen and oxygen atoms in total.